The van der Waals surface area contributed by atoms with Crippen LogP contribution in [-0.4, -0.2) is 46.9 Å². The maximum atomic E-state index is 11.4. The van der Waals surface area contributed by atoms with Crippen molar-refractivity contribution >= 4 is 15.8 Å². The highest BCUT2D eigenvalue weighted by Gasteiger charge is 2.06. The number of aliphatic imine (C=N–C) groups is 1. The molecule has 1 aromatic carbocycles. The number of guanidine groups is 1. The molecule has 0 amide bonds. The number of nitrogens with zero attached hydrogens (tertiary/aromatic N) is 1. The van der Waals surface area contributed by atoms with E-state index in [4.69, 9.17) is 4.74 Å². The van der Waals surface area contributed by atoms with Gasteiger partial charge in [-0.3, -0.25) is 4.99 Å². The molecule has 0 spiro atoms. The van der Waals surface area contributed by atoms with Gasteiger partial charge in [-0.05, 0) is 37.6 Å². The third kappa shape index (κ3) is 9.34. The van der Waals surface area contributed by atoms with Gasteiger partial charge >= 0.3 is 0 Å². The number of hydrogen-bond acceptors (Lipinski definition) is 4. The molecule has 6 nitrogen and oxygen atoms in total. The van der Waals surface area contributed by atoms with E-state index >= 15 is 0 Å². The number of unbranched alkanes of at least 4 members (excludes halogenated alkanes) is 3. The van der Waals surface area contributed by atoms with Gasteiger partial charge in [-0.1, -0.05) is 26.2 Å². The minimum Gasteiger partial charge on any atom is -0.492 e. The highest BCUT2D eigenvalue weighted by Crippen LogP contribution is 2.15. The summed E-state index contributed by atoms with van der Waals surface area (Å²) in [7, 11) is -3.17. The monoisotopic (exact) mass is 369 g/mol. The minimum absolute atomic E-state index is 0.294. The van der Waals surface area contributed by atoms with E-state index < -0.39 is 9.84 Å². The molecule has 0 unspecified atom stereocenters. The van der Waals surface area contributed by atoms with Crippen molar-refractivity contribution in [3.05, 3.63) is 24.3 Å². The lowest BCUT2D eigenvalue weighted by Gasteiger charge is -2.12. The molecule has 0 saturated carbocycles. The van der Waals surface area contributed by atoms with Crippen LogP contribution >= 0.6 is 0 Å². The molecule has 7 heteroatoms. The second-order valence-corrected chi connectivity index (χ2v) is 7.86. The molecule has 25 heavy (non-hydrogen) atoms. The van der Waals surface area contributed by atoms with Gasteiger partial charge in [0, 0.05) is 19.3 Å². The van der Waals surface area contributed by atoms with E-state index in [2.05, 4.69) is 22.5 Å². The van der Waals surface area contributed by atoms with E-state index in [1.54, 1.807) is 24.3 Å². The van der Waals surface area contributed by atoms with Gasteiger partial charge in [0.25, 0.3) is 0 Å². The number of nitrogens with one attached hydrogen (secondary N) is 2. The summed E-state index contributed by atoms with van der Waals surface area (Å²) in [5, 5.41) is 6.45. The van der Waals surface area contributed by atoms with Gasteiger partial charge < -0.3 is 15.4 Å². The first-order chi connectivity index (χ1) is 12.0. The lowest BCUT2D eigenvalue weighted by Crippen LogP contribution is -2.39. The summed E-state index contributed by atoms with van der Waals surface area (Å²) in [5.74, 6) is 1.45. The molecule has 0 saturated heterocycles. The Kier molecular flexibility index (Phi) is 9.99. The Morgan fingerprint density at radius 2 is 1.80 bits per heavy atom. The number of benzene rings is 1. The number of rotatable bonds is 11. The number of hydrogen-bond donors (Lipinski definition) is 2. The van der Waals surface area contributed by atoms with Crippen LogP contribution in [-0.2, 0) is 9.84 Å². The van der Waals surface area contributed by atoms with Crippen molar-refractivity contribution in [2.75, 3.05) is 32.5 Å². The smallest absolute Gasteiger partial charge is 0.191 e. The molecule has 0 aliphatic carbocycles. The maximum Gasteiger partial charge on any atom is 0.191 e. The zero-order valence-corrected chi connectivity index (χ0v) is 16.4. The first-order valence-electron chi connectivity index (χ1n) is 8.92. The molecule has 0 aromatic heterocycles. The van der Waals surface area contributed by atoms with Gasteiger partial charge in [-0.15, -0.1) is 0 Å². The lowest BCUT2D eigenvalue weighted by atomic mass is 10.2. The van der Waals surface area contributed by atoms with Gasteiger partial charge in [0.15, 0.2) is 15.8 Å². The van der Waals surface area contributed by atoms with Crippen LogP contribution in [0.4, 0.5) is 0 Å². The van der Waals surface area contributed by atoms with Crippen LogP contribution in [0.2, 0.25) is 0 Å². The summed E-state index contributed by atoms with van der Waals surface area (Å²) in [4.78, 5) is 4.83. The van der Waals surface area contributed by atoms with E-state index in [1.165, 1.54) is 25.5 Å². The molecule has 0 aliphatic heterocycles. The normalized spacial score (nSPS) is 12.0. The topological polar surface area (TPSA) is 79.8 Å². The van der Waals surface area contributed by atoms with E-state index in [-0.39, 0.29) is 0 Å². The van der Waals surface area contributed by atoms with E-state index in [0.29, 0.717) is 23.8 Å². The summed E-state index contributed by atoms with van der Waals surface area (Å²) in [6.45, 7) is 6.96. The Hall–Kier alpha value is -1.76. The molecular weight excluding hydrogens is 338 g/mol. The molecule has 0 atom stereocenters. The summed E-state index contributed by atoms with van der Waals surface area (Å²) in [6.07, 6.45) is 5.99. The highest BCUT2D eigenvalue weighted by molar-refractivity contribution is 7.90. The molecule has 0 fully saturated rings. The average molecular weight is 370 g/mol. The first-order valence-corrected chi connectivity index (χ1v) is 10.8. The second kappa shape index (κ2) is 11.7. The van der Waals surface area contributed by atoms with Crippen LogP contribution in [0.1, 0.15) is 39.5 Å². The quantitative estimate of drug-likeness (QED) is 0.356. The first kappa shape index (κ1) is 21.3. The third-order valence-electron chi connectivity index (χ3n) is 3.54. The second-order valence-electron chi connectivity index (χ2n) is 5.84. The fourth-order valence-corrected chi connectivity index (χ4v) is 2.82. The molecule has 0 radical (unpaired) electrons. The highest BCUT2D eigenvalue weighted by atomic mass is 32.2. The predicted molar refractivity (Wildman–Crippen MR) is 103 cm³/mol. The Labute approximate surface area is 152 Å². The Morgan fingerprint density at radius 3 is 2.40 bits per heavy atom. The molecule has 0 heterocycles. The lowest BCUT2D eigenvalue weighted by molar-refractivity contribution is 0.321. The summed E-state index contributed by atoms with van der Waals surface area (Å²) < 4.78 is 28.4. The summed E-state index contributed by atoms with van der Waals surface area (Å²) in [5.41, 5.74) is 0. The van der Waals surface area contributed by atoms with Crippen molar-refractivity contribution in [3.8, 4) is 5.75 Å². The van der Waals surface area contributed by atoms with E-state index in [0.717, 1.165) is 25.5 Å². The Morgan fingerprint density at radius 1 is 1.08 bits per heavy atom. The van der Waals surface area contributed by atoms with Crippen LogP contribution < -0.4 is 15.4 Å². The Balaban J connectivity index is 2.34. The fourth-order valence-electron chi connectivity index (χ4n) is 2.19. The van der Waals surface area contributed by atoms with E-state index in [9.17, 15) is 8.42 Å². The van der Waals surface area contributed by atoms with Gasteiger partial charge in [0.1, 0.15) is 12.4 Å². The zero-order valence-electron chi connectivity index (χ0n) is 15.5. The number of ether oxygens (including phenoxy) is 1. The van der Waals surface area contributed by atoms with Crippen LogP contribution in [0.5, 0.6) is 5.75 Å². The van der Waals surface area contributed by atoms with Crippen LogP contribution in [0, 0.1) is 0 Å². The van der Waals surface area contributed by atoms with E-state index in [1.807, 2.05) is 6.92 Å². The summed E-state index contributed by atoms with van der Waals surface area (Å²) >= 11 is 0. The SMILES string of the molecule is CCCCCCN=C(NCC)NCCOc1ccc(S(C)(=O)=O)cc1. The van der Waals surface area contributed by atoms with Gasteiger partial charge in [0.2, 0.25) is 0 Å². The predicted octanol–water partition coefficient (Wildman–Crippen LogP) is 2.60. The standard InChI is InChI=1S/C18H31N3O3S/c1-4-6-7-8-13-20-18(19-5-2)21-14-15-24-16-9-11-17(12-10-16)25(3,22)23/h9-12H,4-8,13-15H2,1-3H3,(H2,19,20,21). The third-order valence-corrected chi connectivity index (χ3v) is 4.67. The van der Waals surface area contributed by atoms with Crippen molar-refractivity contribution in [2.24, 2.45) is 4.99 Å². The van der Waals surface area contributed by atoms with Crippen molar-refractivity contribution in [1.29, 1.82) is 0 Å². The maximum absolute atomic E-state index is 11.4. The van der Waals surface area contributed by atoms with Crippen molar-refractivity contribution in [2.45, 2.75) is 44.4 Å². The molecule has 1 rings (SSSR count). The van der Waals surface area contributed by atoms with Crippen molar-refractivity contribution in [1.82, 2.24) is 10.6 Å². The van der Waals surface area contributed by atoms with Crippen molar-refractivity contribution in [3.63, 3.8) is 0 Å². The summed E-state index contributed by atoms with van der Waals surface area (Å²) in [6, 6.07) is 6.45. The Bertz CT molecular complexity index is 613. The molecule has 0 aliphatic rings. The molecule has 1 aromatic rings. The number of sulfone groups is 1. The van der Waals surface area contributed by atoms with Gasteiger partial charge in [-0.25, -0.2) is 8.42 Å². The van der Waals surface area contributed by atoms with Crippen LogP contribution in [0.3, 0.4) is 0 Å². The average Bonchev–Trinajstić information content (AvgIpc) is 2.58. The molecule has 142 valence electrons. The van der Waals surface area contributed by atoms with Crippen LogP contribution in [0.15, 0.2) is 34.2 Å². The van der Waals surface area contributed by atoms with Crippen molar-refractivity contribution < 1.29 is 13.2 Å². The molecule has 2 N–H and O–H groups in total. The van der Waals surface area contributed by atoms with Crippen LogP contribution in [0.25, 0.3) is 0 Å². The van der Waals surface area contributed by atoms with Gasteiger partial charge in [0.05, 0.1) is 11.4 Å². The molecule has 0 bridgehead atoms. The largest absolute Gasteiger partial charge is 0.492 e. The minimum atomic E-state index is -3.17. The molecular formula is C18H31N3O3S. The fraction of sp³-hybridized carbons (Fsp3) is 0.611. The zero-order chi connectivity index (χ0) is 18.5. The van der Waals surface area contributed by atoms with Gasteiger partial charge in [-0.2, -0.15) is 0 Å².